The molecule has 1 aliphatic carbocycles. The van der Waals surface area contributed by atoms with Crippen molar-refractivity contribution in [3.8, 4) is 0 Å². The first-order chi connectivity index (χ1) is 11.2. The number of hydrogen-bond donors (Lipinski definition) is 1. The van der Waals surface area contributed by atoms with Crippen molar-refractivity contribution in [2.24, 2.45) is 5.92 Å². The standard InChI is InChI=1S/C20H23BrN2/c1-13-2-5-18-15(10-13)3-4-16-11-17(21)12-23-20(16)19(18)14-6-8-22-9-7-14/h2,5,10-12,14,19,22H,3-4,6-9H2,1H3/t19-/m0/s1. The lowest BCUT2D eigenvalue weighted by molar-refractivity contribution is 0.338. The molecule has 2 aliphatic rings. The number of nitrogens with one attached hydrogen (secondary N) is 1. The zero-order chi connectivity index (χ0) is 15.8. The van der Waals surface area contributed by atoms with E-state index >= 15 is 0 Å². The Morgan fingerprint density at radius 2 is 1.87 bits per heavy atom. The van der Waals surface area contributed by atoms with Gasteiger partial charge in [-0.25, -0.2) is 0 Å². The molecule has 0 saturated carbocycles. The highest BCUT2D eigenvalue weighted by Crippen LogP contribution is 2.42. The summed E-state index contributed by atoms with van der Waals surface area (Å²) in [6.45, 7) is 4.47. The molecule has 0 bridgehead atoms. The molecule has 2 nitrogen and oxygen atoms in total. The van der Waals surface area contributed by atoms with Crippen LogP contribution in [0.4, 0.5) is 0 Å². The van der Waals surface area contributed by atoms with Gasteiger partial charge in [0, 0.05) is 16.6 Å². The van der Waals surface area contributed by atoms with Crippen LogP contribution in [0.25, 0.3) is 0 Å². The van der Waals surface area contributed by atoms with E-state index in [4.69, 9.17) is 4.98 Å². The van der Waals surface area contributed by atoms with E-state index in [1.807, 2.05) is 6.20 Å². The molecule has 1 fully saturated rings. The maximum absolute atomic E-state index is 4.89. The summed E-state index contributed by atoms with van der Waals surface area (Å²) in [5, 5.41) is 3.51. The van der Waals surface area contributed by atoms with E-state index in [-0.39, 0.29) is 0 Å². The predicted octanol–water partition coefficient (Wildman–Crippen LogP) is 4.38. The van der Waals surface area contributed by atoms with Crippen LogP contribution < -0.4 is 5.32 Å². The Balaban J connectivity index is 1.86. The minimum absolute atomic E-state index is 0.457. The van der Waals surface area contributed by atoms with E-state index in [0.29, 0.717) is 11.8 Å². The van der Waals surface area contributed by atoms with Gasteiger partial charge in [-0.15, -0.1) is 0 Å². The van der Waals surface area contributed by atoms with Crippen molar-refractivity contribution in [2.45, 2.75) is 38.5 Å². The van der Waals surface area contributed by atoms with Crippen molar-refractivity contribution in [1.82, 2.24) is 10.3 Å². The van der Waals surface area contributed by atoms with E-state index in [2.05, 4.69) is 52.4 Å². The maximum atomic E-state index is 4.89. The Morgan fingerprint density at radius 1 is 1.09 bits per heavy atom. The van der Waals surface area contributed by atoms with Crippen molar-refractivity contribution in [1.29, 1.82) is 0 Å². The lowest BCUT2D eigenvalue weighted by Crippen LogP contribution is -2.32. The smallest absolute Gasteiger partial charge is 0.0514 e. The predicted molar refractivity (Wildman–Crippen MR) is 98.0 cm³/mol. The summed E-state index contributed by atoms with van der Waals surface area (Å²) in [4.78, 5) is 4.89. The van der Waals surface area contributed by atoms with Gasteiger partial charge in [-0.3, -0.25) is 4.98 Å². The number of halogens is 1. The number of hydrogen-bond acceptors (Lipinski definition) is 2. The Labute approximate surface area is 146 Å². The molecule has 23 heavy (non-hydrogen) atoms. The first-order valence-corrected chi connectivity index (χ1v) is 9.46. The molecule has 120 valence electrons. The SMILES string of the molecule is Cc1ccc2c(c1)CCc1cc(Br)cnc1[C@H]2C1CCNCC1. The number of fused-ring (bicyclic) bond motifs is 2. The highest BCUT2D eigenvalue weighted by molar-refractivity contribution is 9.10. The second-order valence-corrected chi connectivity index (χ2v) is 7.88. The lowest BCUT2D eigenvalue weighted by atomic mass is 9.76. The molecule has 1 aromatic heterocycles. The van der Waals surface area contributed by atoms with Crippen LogP contribution >= 0.6 is 15.9 Å². The van der Waals surface area contributed by atoms with Crippen molar-refractivity contribution in [2.75, 3.05) is 13.1 Å². The van der Waals surface area contributed by atoms with Crippen LogP contribution in [-0.4, -0.2) is 18.1 Å². The second-order valence-electron chi connectivity index (χ2n) is 6.97. The van der Waals surface area contributed by atoms with Gasteiger partial charge in [0.15, 0.2) is 0 Å². The monoisotopic (exact) mass is 370 g/mol. The fraction of sp³-hybridized carbons (Fsp3) is 0.450. The summed E-state index contributed by atoms with van der Waals surface area (Å²) in [5.74, 6) is 1.15. The summed E-state index contributed by atoms with van der Waals surface area (Å²) >= 11 is 3.61. The van der Waals surface area contributed by atoms with Crippen LogP contribution in [0.15, 0.2) is 34.9 Å². The third kappa shape index (κ3) is 2.97. The Bertz CT molecular complexity index is 666. The number of nitrogens with zero attached hydrogens (tertiary/aromatic N) is 1. The number of aromatic nitrogens is 1. The minimum Gasteiger partial charge on any atom is -0.317 e. The van der Waals surface area contributed by atoms with Gasteiger partial charge in [0.2, 0.25) is 0 Å². The molecule has 1 aromatic carbocycles. The van der Waals surface area contributed by atoms with E-state index in [0.717, 1.165) is 30.4 Å². The highest BCUT2D eigenvalue weighted by atomic mass is 79.9. The topological polar surface area (TPSA) is 24.9 Å². The molecule has 0 spiro atoms. The number of pyridine rings is 1. The van der Waals surface area contributed by atoms with Crippen LogP contribution in [0.2, 0.25) is 0 Å². The van der Waals surface area contributed by atoms with Gasteiger partial charge in [-0.2, -0.15) is 0 Å². The van der Waals surface area contributed by atoms with Crippen LogP contribution in [0, 0.1) is 12.8 Å². The third-order valence-electron chi connectivity index (χ3n) is 5.42. The zero-order valence-electron chi connectivity index (χ0n) is 13.6. The van der Waals surface area contributed by atoms with Crippen LogP contribution in [0.1, 0.15) is 46.7 Å². The molecule has 3 heteroatoms. The second kappa shape index (κ2) is 6.37. The average Bonchev–Trinajstić information content (AvgIpc) is 2.72. The maximum Gasteiger partial charge on any atom is 0.0514 e. The minimum atomic E-state index is 0.457. The van der Waals surface area contributed by atoms with Gasteiger partial charge >= 0.3 is 0 Å². The largest absolute Gasteiger partial charge is 0.317 e. The van der Waals surface area contributed by atoms with E-state index in [9.17, 15) is 0 Å². The molecule has 1 atom stereocenters. The van der Waals surface area contributed by atoms with E-state index in [1.165, 1.54) is 40.8 Å². The van der Waals surface area contributed by atoms with Gasteiger partial charge in [0.25, 0.3) is 0 Å². The van der Waals surface area contributed by atoms with Crippen molar-refractivity contribution < 1.29 is 0 Å². The van der Waals surface area contributed by atoms with Crippen LogP contribution in [0.3, 0.4) is 0 Å². The summed E-state index contributed by atoms with van der Waals surface area (Å²) in [6, 6.07) is 9.33. The highest BCUT2D eigenvalue weighted by Gasteiger charge is 2.32. The van der Waals surface area contributed by atoms with Gasteiger partial charge in [-0.05, 0) is 90.3 Å². The Morgan fingerprint density at radius 3 is 2.70 bits per heavy atom. The van der Waals surface area contributed by atoms with Crippen LogP contribution in [-0.2, 0) is 12.8 Å². The van der Waals surface area contributed by atoms with E-state index in [1.54, 1.807) is 0 Å². The quantitative estimate of drug-likeness (QED) is 0.805. The number of piperidine rings is 1. The molecular formula is C20H23BrN2. The molecule has 4 rings (SSSR count). The average molecular weight is 371 g/mol. The molecule has 1 saturated heterocycles. The van der Waals surface area contributed by atoms with Gasteiger partial charge in [0.05, 0.1) is 5.69 Å². The molecule has 1 aliphatic heterocycles. The molecule has 2 aromatic rings. The molecule has 0 radical (unpaired) electrons. The number of rotatable bonds is 1. The molecule has 0 amide bonds. The number of benzene rings is 1. The fourth-order valence-corrected chi connectivity index (χ4v) is 4.68. The first kappa shape index (κ1) is 15.3. The zero-order valence-corrected chi connectivity index (χ0v) is 15.2. The fourth-order valence-electron chi connectivity index (χ4n) is 4.30. The van der Waals surface area contributed by atoms with Gasteiger partial charge in [0.1, 0.15) is 0 Å². The first-order valence-electron chi connectivity index (χ1n) is 8.67. The Kier molecular flexibility index (Phi) is 4.25. The summed E-state index contributed by atoms with van der Waals surface area (Å²) < 4.78 is 1.10. The summed E-state index contributed by atoms with van der Waals surface area (Å²) in [7, 11) is 0. The molecule has 2 heterocycles. The third-order valence-corrected chi connectivity index (χ3v) is 5.85. The van der Waals surface area contributed by atoms with Crippen molar-refractivity contribution in [3.63, 3.8) is 0 Å². The molecular weight excluding hydrogens is 348 g/mol. The van der Waals surface area contributed by atoms with Gasteiger partial charge < -0.3 is 5.32 Å². The van der Waals surface area contributed by atoms with Crippen molar-refractivity contribution in [3.05, 3.63) is 62.9 Å². The van der Waals surface area contributed by atoms with E-state index < -0.39 is 0 Å². The Hall–Kier alpha value is -1.19. The summed E-state index contributed by atoms with van der Waals surface area (Å²) in [6.07, 6.45) is 6.69. The van der Waals surface area contributed by atoms with Crippen LogP contribution in [0.5, 0.6) is 0 Å². The normalized spacial score (nSPS) is 21.4. The molecule has 0 unspecified atom stereocenters. The van der Waals surface area contributed by atoms with Crippen molar-refractivity contribution >= 4 is 15.9 Å². The lowest BCUT2D eigenvalue weighted by Gasteiger charge is -2.32. The van der Waals surface area contributed by atoms with Gasteiger partial charge in [-0.1, -0.05) is 23.8 Å². The number of aryl methyl sites for hydroxylation is 3. The molecule has 1 N–H and O–H groups in total. The summed E-state index contributed by atoms with van der Waals surface area (Å²) in [5.41, 5.74) is 7.17.